The number of non-ortho nitro benzene ring substituents is 1. The van der Waals surface area contributed by atoms with E-state index in [-0.39, 0.29) is 5.69 Å². The molecule has 0 saturated heterocycles. The summed E-state index contributed by atoms with van der Waals surface area (Å²) in [6, 6.07) is 19.9. The molecular formula is C20H15N5O2. The Labute approximate surface area is 154 Å². The van der Waals surface area contributed by atoms with Crippen LogP contribution in [-0.2, 0) is 0 Å². The number of fused-ring (bicyclic) bond motifs is 1. The number of aromatic nitrogens is 2. The maximum atomic E-state index is 10.8. The number of nitro groups is 1. The van der Waals surface area contributed by atoms with Crippen LogP contribution in [0.5, 0.6) is 0 Å². The monoisotopic (exact) mass is 357 g/mol. The van der Waals surface area contributed by atoms with Gasteiger partial charge in [0.15, 0.2) is 0 Å². The lowest BCUT2D eigenvalue weighted by atomic mass is 10.2. The number of pyridine rings is 1. The van der Waals surface area contributed by atoms with E-state index >= 15 is 0 Å². The second-order valence-electron chi connectivity index (χ2n) is 5.83. The molecule has 1 N–H and O–H groups in total. The van der Waals surface area contributed by atoms with Crippen molar-refractivity contribution in [3.63, 3.8) is 0 Å². The Hall–Kier alpha value is -4.00. The highest BCUT2D eigenvalue weighted by molar-refractivity contribution is 5.90. The largest absolute Gasteiger partial charge is 0.316 e. The van der Waals surface area contributed by atoms with Gasteiger partial charge in [-0.3, -0.25) is 20.5 Å². The van der Waals surface area contributed by atoms with Crippen molar-refractivity contribution in [2.24, 2.45) is 5.10 Å². The average Bonchev–Trinajstić information content (AvgIpc) is 3.17. The summed E-state index contributed by atoms with van der Waals surface area (Å²) in [5.74, 6) is 0. The Balaban J connectivity index is 1.57. The van der Waals surface area contributed by atoms with E-state index in [9.17, 15) is 10.1 Å². The summed E-state index contributed by atoms with van der Waals surface area (Å²) in [7, 11) is 0. The van der Waals surface area contributed by atoms with Crippen molar-refractivity contribution < 1.29 is 4.92 Å². The van der Waals surface area contributed by atoms with E-state index in [0.29, 0.717) is 0 Å². The van der Waals surface area contributed by atoms with Gasteiger partial charge < -0.3 is 4.57 Å². The Morgan fingerprint density at radius 3 is 2.67 bits per heavy atom. The molecule has 7 nitrogen and oxygen atoms in total. The van der Waals surface area contributed by atoms with Gasteiger partial charge in [-0.1, -0.05) is 18.2 Å². The molecular weight excluding hydrogens is 342 g/mol. The number of hydrogen-bond donors (Lipinski definition) is 1. The lowest BCUT2D eigenvalue weighted by Crippen LogP contribution is -2.00. The first kappa shape index (κ1) is 16.5. The molecule has 0 fully saturated rings. The first-order chi connectivity index (χ1) is 13.2. The van der Waals surface area contributed by atoms with Crippen LogP contribution in [0.1, 0.15) is 5.69 Å². The Morgan fingerprint density at radius 1 is 1.04 bits per heavy atom. The molecule has 0 spiro atoms. The van der Waals surface area contributed by atoms with Crippen molar-refractivity contribution in [1.82, 2.24) is 9.55 Å². The van der Waals surface area contributed by atoms with Crippen molar-refractivity contribution in [2.75, 3.05) is 5.43 Å². The molecule has 0 radical (unpaired) electrons. The number of rotatable bonds is 5. The van der Waals surface area contributed by atoms with Crippen LogP contribution in [0.3, 0.4) is 0 Å². The third-order valence-electron chi connectivity index (χ3n) is 4.13. The van der Waals surface area contributed by atoms with Crippen LogP contribution < -0.4 is 5.43 Å². The minimum absolute atomic E-state index is 0.0613. The third kappa shape index (κ3) is 3.38. The molecule has 0 saturated carbocycles. The van der Waals surface area contributed by atoms with Crippen molar-refractivity contribution in [2.45, 2.75) is 0 Å². The molecule has 0 aliphatic heterocycles. The highest BCUT2D eigenvalue weighted by atomic mass is 16.6. The fraction of sp³-hybridized carbons (Fsp3) is 0. The van der Waals surface area contributed by atoms with Crippen molar-refractivity contribution in [1.29, 1.82) is 0 Å². The molecule has 2 aromatic heterocycles. The maximum absolute atomic E-state index is 10.8. The molecule has 0 bridgehead atoms. The molecule has 2 aromatic carbocycles. The fourth-order valence-electron chi connectivity index (χ4n) is 2.83. The molecule has 2 heterocycles. The van der Waals surface area contributed by atoms with Crippen LogP contribution in [0.2, 0.25) is 0 Å². The van der Waals surface area contributed by atoms with E-state index in [2.05, 4.69) is 15.5 Å². The van der Waals surface area contributed by atoms with Crippen LogP contribution >= 0.6 is 0 Å². The quantitative estimate of drug-likeness (QED) is 0.326. The van der Waals surface area contributed by atoms with Gasteiger partial charge in [0.1, 0.15) is 0 Å². The van der Waals surface area contributed by atoms with E-state index < -0.39 is 4.92 Å². The van der Waals surface area contributed by atoms with Crippen LogP contribution in [-0.4, -0.2) is 20.7 Å². The summed E-state index contributed by atoms with van der Waals surface area (Å²) in [5, 5.41) is 16.2. The number of nitro benzene ring substituents is 1. The predicted octanol–water partition coefficient (Wildman–Crippen LogP) is 4.38. The van der Waals surface area contributed by atoms with Gasteiger partial charge in [0, 0.05) is 35.6 Å². The molecule has 0 aliphatic rings. The third-order valence-corrected chi connectivity index (χ3v) is 4.13. The maximum Gasteiger partial charge on any atom is 0.269 e. The highest BCUT2D eigenvalue weighted by Crippen LogP contribution is 2.21. The zero-order chi connectivity index (χ0) is 18.6. The number of benzene rings is 2. The minimum Gasteiger partial charge on any atom is -0.316 e. The molecule has 4 aromatic rings. The molecule has 0 amide bonds. The van der Waals surface area contributed by atoms with Crippen LogP contribution in [0.25, 0.3) is 16.6 Å². The van der Waals surface area contributed by atoms with E-state index in [4.69, 9.17) is 0 Å². The van der Waals surface area contributed by atoms with Gasteiger partial charge in [-0.2, -0.15) is 5.10 Å². The topological polar surface area (TPSA) is 85.3 Å². The normalized spacial score (nSPS) is 11.1. The van der Waals surface area contributed by atoms with Gasteiger partial charge in [-0.05, 0) is 36.4 Å². The van der Waals surface area contributed by atoms with Crippen molar-refractivity contribution in [3.8, 4) is 5.69 Å². The number of hydrogen-bond acceptors (Lipinski definition) is 5. The van der Waals surface area contributed by atoms with E-state index in [1.807, 2.05) is 53.2 Å². The SMILES string of the molecule is O=[N+]([O-])c1ccc(-n2cccc2/C=N/Nc2cccc3cccnc23)cc1. The highest BCUT2D eigenvalue weighted by Gasteiger charge is 2.06. The van der Waals surface area contributed by atoms with Gasteiger partial charge in [0.25, 0.3) is 5.69 Å². The van der Waals surface area contributed by atoms with Crippen molar-refractivity contribution in [3.05, 3.63) is 94.9 Å². The van der Waals surface area contributed by atoms with E-state index in [1.165, 1.54) is 12.1 Å². The lowest BCUT2D eigenvalue weighted by Gasteiger charge is -2.07. The summed E-state index contributed by atoms with van der Waals surface area (Å²) in [6.45, 7) is 0. The van der Waals surface area contributed by atoms with E-state index in [0.717, 1.165) is 28.0 Å². The molecule has 27 heavy (non-hydrogen) atoms. The number of nitrogens with zero attached hydrogens (tertiary/aromatic N) is 4. The van der Waals surface area contributed by atoms with Gasteiger partial charge in [0.05, 0.1) is 28.0 Å². The average molecular weight is 357 g/mol. The zero-order valence-electron chi connectivity index (χ0n) is 14.2. The standard InChI is InChI=1S/C20H15N5O2/c26-25(27)17-10-8-16(9-11-17)24-13-3-6-18(24)14-22-23-19-7-1-4-15-5-2-12-21-20(15)19/h1-14,23H/b22-14+. The van der Waals surface area contributed by atoms with Gasteiger partial charge in [0.2, 0.25) is 0 Å². The van der Waals surface area contributed by atoms with Crippen LogP contribution in [0.4, 0.5) is 11.4 Å². The summed E-state index contributed by atoms with van der Waals surface area (Å²) in [5.41, 5.74) is 6.42. The number of nitrogens with one attached hydrogen (secondary N) is 1. The lowest BCUT2D eigenvalue weighted by molar-refractivity contribution is -0.384. The molecule has 4 rings (SSSR count). The van der Waals surface area contributed by atoms with E-state index in [1.54, 1.807) is 24.5 Å². The molecule has 132 valence electrons. The molecule has 7 heteroatoms. The van der Waals surface area contributed by atoms with Crippen LogP contribution in [0.15, 0.2) is 84.2 Å². The number of para-hydroxylation sites is 1. The van der Waals surface area contributed by atoms with Crippen molar-refractivity contribution >= 4 is 28.5 Å². The number of anilines is 1. The Kier molecular flexibility index (Phi) is 4.32. The summed E-state index contributed by atoms with van der Waals surface area (Å²) >= 11 is 0. The van der Waals surface area contributed by atoms with Gasteiger partial charge in [-0.25, -0.2) is 0 Å². The summed E-state index contributed by atoms with van der Waals surface area (Å²) in [6.07, 6.45) is 5.32. The molecule has 0 atom stereocenters. The Morgan fingerprint density at radius 2 is 1.85 bits per heavy atom. The zero-order valence-corrected chi connectivity index (χ0v) is 14.2. The van der Waals surface area contributed by atoms with Gasteiger partial charge >= 0.3 is 0 Å². The molecule has 0 aliphatic carbocycles. The molecule has 0 unspecified atom stereocenters. The second-order valence-corrected chi connectivity index (χ2v) is 5.83. The van der Waals surface area contributed by atoms with Crippen LogP contribution in [0, 0.1) is 10.1 Å². The minimum atomic E-state index is -0.413. The number of hydrazone groups is 1. The first-order valence-electron chi connectivity index (χ1n) is 8.27. The predicted molar refractivity (Wildman–Crippen MR) is 105 cm³/mol. The second kappa shape index (κ2) is 7.09. The first-order valence-corrected chi connectivity index (χ1v) is 8.27. The van der Waals surface area contributed by atoms with Gasteiger partial charge in [-0.15, -0.1) is 0 Å². The smallest absolute Gasteiger partial charge is 0.269 e. The summed E-state index contributed by atoms with van der Waals surface area (Å²) in [4.78, 5) is 14.8. The Bertz CT molecular complexity index is 1130. The summed E-state index contributed by atoms with van der Waals surface area (Å²) < 4.78 is 1.90. The fourth-order valence-corrected chi connectivity index (χ4v) is 2.83.